The van der Waals surface area contributed by atoms with Crippen LogP contribution < -0.4 is 5.32 Å². The van der Waals surface area contributed by atoms with Gasteiger partial charge in [-0.3, -0.25) is 15.5 Å². The molecule has 2 heterocycles. The van der Waals surface area contributed by atoms with Crippen molar-refractivity contribution in [1.29, 1.82) is 5.41 Å². The maximum absolute atomic E-state index is 11.0. The van der Waals surface area contributed by atoms with Crippen LogP contribution in [0.2, 0.25) is 0 Å². The van der Waals surface area contributed by atoms with Crippen LogP contribution in [-0.2, 0) is 4.79 Å². The predicted molar refractivity (Wildman–Crippen MR) is 50.8 cm³/mol. The van der Waals surface area contributed by atoms with E-state index in [1.807, 2.05) is 0 Å². The van der Waals surface area contributed by atoms with E-state index in [-0.39, 0.29) is 34.5 Å². The Labute approximate surface area is 82.7 Å². The maximum atomic E-state index is 11.0. The second kappa shape index (κ2) is 3.05. The monoisotopic (exact) mass is 245 g/mol. The summed E-state index contributed by atoms with van der Waals surface area (Å²) in [5, 5.41) is 19.9. The Kier molecular flexibility index (Phi) is 2.24. The van der Waals surface area contributed by atoms with Gasteiger partial charge in [-0.15, -0.1) is 17.0 Å². The summed E-state index contributed by atoms with van der Waals surface area (Å²) >= 11 is 0. The highest BCUT2D eigenvalue weighted by atomic mass is 79.9. The van der Waals surface area contributed by atoms with Crippen molar-refractivity contribution in [2.45, 2.75) is 0 Å². The first-order valence-corrected chi connectivity index (χ1v) is 3.05. The first kappa shape index (κ1) is 9.52. The highest BCUT2D eigenvalue weighted by molar-refractivity contribution is 8.93. The summed E-state index contributed by atoms with van der Waals surface area (Å²) in [6.45, 7) is 0. The van der Waals surface area contributed by atoms with Crippen LogP contribution in [0.15, 0.2) is 9.98 Å². The molecule has 0 spiro atoms. The number of aliphatic imine (C=N–C) groups is 2. The van der Waals surface area contributed by atoms with E-state index in [0.29, 0.717) is 4.74 Å². The zero-order valence-corrected chi connectivity index (χ0v) is 7.86. The van der Waals surface area contributed by atoms with Gasteiger partial charge in [0.25, 0.3) is 12.1 Å². The van der Waals surface area contributed by atoms with Crippen LogP contribution in [-0.4, -0.2) is 34.5 Å². The molecule has 8 heteroatoms. The topological polar surface area (TPSA) is 104 Å². The summed E-state index contributed by atoms with van der Waals surface area (Å²) in [6, 6.07) is 0. The van der Waals surface area contributed by atoms with E-state index in [0.717, 1.165) is 6.34 Å². The molecule has 0 unspecified atom stereocenters. The molecule has 0 aliphatic carbocycles. The molecule has 7 nitrogen and oxygen atoms in total. The average molecular weight is 246 g/mol. The van der Waals surface area contributed by atoms with Crippen LogP contribution >= 0.6 is 17.0 Å². The van der Waals surface area contributed by atoms with Gasteiger partial charge in [-0.1, -0.05) is 0 Å². The summed E-state index contributed by atoms with van der Waals surface area (Å²) < 4.78 is 0.320. The van der Waals surface area contributed by atoms with Crippen molar-refractivity contribution < 1.29 is 9.53 Å². The summed E-state index contributed by atoms with van der Waals surface area (Å²) in [5.74, 6) is -0.942. The summed E-state index contributed by atoms with van der Waals surface area (Å²) in [5.41, 5.74) is -0.161. The molecule has 1 amide bonds. The minimum absolute atomic E-state index is 0. The number of carbonyl (C=O) groups excluding carboxylic acids is 1. The van der Waals surface area contributed by atoms with Gasteiger partial charge in [0.1, 0.15) is 0 Å². The molecule has 2 rings (SSSR count). The Morgan fingerprint density at radius 1 is 1.62 bits per heavy atom. The third-order valence-electron chi connectivity index (χ3n) is 1.38. The van der Waals surface area contributed by atoms with Crippen LogP contribution in [0.5, 0.6) is 0 Å². The second-order valence-corrected chi connectivity index (χ2v) is 2.16. The standard InChI is InChI=1S/C5H3N5O2.BrH/c6-5-8-3-2(4(11)9-5)10(12)1-7-3;/h1H,(H2,6,9,11);1H. The van der Waals surface area contributed by atoms with Gasteiger partial charge in [0.15, 0.2) is 0 Å². The minimum Gasteiger partial charge on any atom is -0.710 e. The number of rotatable bonds is 0. The molecule has 2 aliphatic heterocycles. The lowest BCUT2D eigenvalue weighted by Gasteiger charge is -2.07. The molecule has 0 saturated heterocycles. The quantitative estimate of drug-likeness (QED) is 0.423. The molecule has 13 heavy (non-hydrogen) atoms. The average Bonchev–Trinajstić information content (AvgIpc) is 2.31. The Morgan fingerprint density at radius 3 is 3.00 bits per heavy atom. The number of hydrogen-bond acceptors (Lipinski definition) is 4. The zero-order chi connectivity index (χ0) is 8.72. The van der Waals surface area contributed by atoms with E-state index in [4.69, 9.17) is 5.41 Å². The number of guanidine groups is 1. The van der Waals surface area contributed by atoms with Crippen molar-refractivity contribution in [2.75, 3.05) is 0 Å². The Hall–Kier alpha value is -1.57. The van der Waals surface area contributed by atoms with Crippen molar-refractivity contribution >= 4 is 46.7 Å². The highest BCUT2D eigenvalue weighted by Crippen LogP contribution is 1.99. The molecule has 0 aromatic rings. The van der Waals surface area contributed by atoms with E-state index in [9.17, 15) is 10.0 Å². The molecular formula is C5H4BrN5O2. The number of nitrogens with zero attached hydrogens (tertiary/aromatic N) is 3. The lowest BCUT2D eigenvalue weighted by atomic mass is 10.3. The normalized spacial score (nSPS) is 19.2. The van der Waals surface area contributed by atoms with Crippen molar-refractivity contribution in [1.82, 2.24) is 5.32 Å². The maximum Gasteiger partial charge on any atom is 0.322 e. The fourth-order valence-electron chi connectivity index (χ4n) is 0.909. The van der Waals surface area contributed by atoms with Gasteiger partial charge in [0.05, 0.1) is 0 Å². The van der Waals surface area contributed by atoms with E-state index >= 15 is 0 Å². The molecule has 2 N–H and O–H groups in total. The van der Waals surface area contributed by atoms with E-state index < -0.39 is 5.91 Å². The summed E-state index contributed by atoms with van der Waals surface area (Å²) in [6.07, 6.45) is 0.937. The Morgan fingerprint density at radius 2 is 2.31 bits per heavy atom. The van der Waals surface area contributed by atoms with Crippen molar-refractivity contribution in [3.8, 4) is 0 Å². The van der Waals surface area contributed by atoms with E-state index in [2.05, 4.69) is 15.3 Å². The fraction of sp³-hybridized carbons (Fsp3) is 0. The largest absolute Gasteiger partial charge is 0.710 e. The van der Waals surface area contributed by atoms with Crippen molar-refractivity contribution in [2.24, 2.45) is 9.98 Å². The molecule has 0 fully saturated rings. The molecule has 0 aromatic carbocycles. The van der Waals surface area contributed by atoms with Crippen LogP contribution in [0.1, 0.15) is 0 Å². The number of hydrogen-bond donors (Lipinski definition) is 2. The molecule has 0 radical (unpaired) electrons. The van der Waals surface area contributed by atoms with Gasteiger partial charge in [-0.25, -0.2) is 4.74 Å². The third kappa shape index (κ3) is 1.35. The first-order chi connectivity index (χ1) is 5.68. The van der Waals surface area contributed by atoms with Crippen molar-refractivity contribution in [3.05, 3.63) is 5.21 Å². The predicted octanol–water partition coefficient (Wildman–Crippen LogP) is -0.979. The van der Waals surface area contributed by atoms with Gasteiger partial charge in [-0.2, -0.15) is 4.99 Å². The molecule has 0 saturated carbocycles. The number of amides is 1. The van der Waals surface area contributed by atoms with Crippen LogP contribution in [0, 0.1) is 10.6 Å². The van der Waals surface area contributed by atoms with Gasteiger partial charge in [0.2, 0.25) is 5.96 Å². The number of nitrogens with one attached hydrogen (secondary N) is 2. The first-order valence-electron chi connectivity index (χ1n) is 3.05. The SMILES string of the molecule is Br.N=C1N=C2N=C[N+]([O-])=C2C(=O)N1. The Balaban J connectivity index is 0.000000845. The van der Waals surface area contributed by atoms with E-state index in [1.54, 1.807) is 0 Å². The lowest BCUT2D eigenvalue weighted by molar-refractivity contribution is -0.308. The number of amidine groups is 1. The van der Waals surface area contributed by atoms with Gasteiger partial charge in [-0.05, 0) is 4.99 Å². The summed E-state index contributed by atoms with van der Waals surface area (Å²) in [4.78, 5) is 18.1. The molecule has 2 aliphatic rings. The molecule has 0 aromatic heterocycles. The van der Waals surface area contributed by atoms with Crippen LogP contribution in [0.4, 0.5) is 0 Å². The second-order valence-electron chi connectivity index (χ2n) is 2.16. The molecule has 0 atom stereocenters. The van der Waals surface area contributed by atoms with Gasteiger partial charge < -0.3 is 5.21 Å². The smallest absolute Gasteiger partial charge is 0.322 e. The number of hydroxylamine groups is 1. The number of fused-ring (bicyclic) bond motifs is 1. The molecule has 0 bridgehead atoms. The van der Waals surface area contributed by atoms with Gasteiger partial charge in [0, 0.05) is 0 Å². The van der Waals surface area contributed by atoms with Crippen molar-refractivity contribution in [3.63, 3.8) is 0 Å². The lowest BCUT2D eigenvalue weighted by Crippen LogP contribution is -2.44. The molecular weight excluding hydrogens is 242 g/mol. The highest BCUT2D eigenvalue weighted by Gasteiger charge is 2.35. The zero-order valence-electron chi connectivity index (χ0n) is 6.14. The third-order valence-corrected chi connectivity index (χ3v) is 1.38. The van der Waals surface area contributed by atoms with E-state index in [1.165, 1.54) is 0 Å². The summed E-state index contributed by atoms with van der Waals surface area (Å²) in [7, 11) is 0. The van der Waals surface area contributed by atoms with Crippen LogP contribution in [0.3, 0.4) is 0 Å². The Bertz CT molecular complexity index is 382. The number of carbonyl (C=O) groups is 1. The number of halogens is 1. The van der Waals surface area contributed by atoms with Crippen LogP contribution in [0.25, 0.3) is 0 Å². The fourth-order valence-corrected chi connectivity index (χ4v) is 0.909. The van der Waals surface area contributed by atoms with Gasteiger partial charge >= 0.3 is 11.7 Å². The minimum atomic E-state index is -0.641. The molecule has 68 valence electrons.